The monoisotopic (exact) mass is 447 g/mol. The van der Waals surface area contributed by atoms with Crippen LogP contribution in [0.2, 0.25) is 0 Å². The van der Waals surface area contributed by atoms with Crippen molar-refractivity contribution in [2.45, 2.75) is 13.5 Å². The maximum Gasteiger partial charge on any atom is 0.159 e. The Morgan fingerprint density at radius 3 is 2.71 bits per heavy atom. The molecule has 9 heteroatoms. The molecule has 0 radical (unpaired) electrons. The van der Waals surface area contributed by atoms with Crippen LogP contribution in [0, 0.1) is 0 Å². The standard InChI is InChI=1S/C25H21N9/c1-2-26-8-15-6-17(11-28-9-15)20-7-18-21(14-30-20)33-34-24(18)25-31-22-13-29-12-19(23(22)32-25)16-4-3-5-27-10-16/h3-7,9-14,26H,2,8H2,1H3,(H,31,32)(H,33,34). The minimum absolute atomic E-state index is 0.663. The molecule has 0 saturated carbocycles. The lowest BCUT2D eigenvalue weighted by atomic mass is 10.1. The van der Waals surface area contributed by atoms with Crippen LogP contribution in [0.25, 0.3) is 55.8 Å². The zero-order valence-electron chi connectivity index (χ0n) is 18.4. The second-order valence-corrected chi connectivity index (χ2v) is 7.96. The highest BCUT2D eigenvalue weighted by Gasteiger charge is 2.16. The molecule has 0 bridgehead atoms. The van der Waals surface area contributed by atoms with Crippen molar-refractivity contribution in [3.05, 3.63) is 73.2 Å². The Labute approximate surface area is 194 Å². The topological polar surface area (TPSA) is 121 Å². The molecule has 9 nitrogen and oxygen atoms in total. The number of H-pyrrole nitrogens is 2. The smallest absolute Gasteiger partial charge is 0.159 e. The number of pyridine rings is 4. The minimum Gasteiger partial charge on any atom is -0.335 e. The highest BCUT2D eigenvalue weighted by Crippen LogP contribution is 2.31. The Hall–Kier alpha value is -4.50. The van der Waals surface area contributed by atoms with Gasteiger partial charge in [-0.1, -0.05) is 13.0 Å². The van der Waals surface area contributed by atoms with Gasteiger partial charge in [-0.25, -0.2) is 4.98 Å². The van der Waals surface area contributed by atoms with Crippen molar-refractivity contribution in [3.63, 3.8) is 0 Å². The number of aromatic nitrogens is 8. The summed E-state index contributed by atoms with van der Waals surface area (Å²) < 4.78 is 0. The fourth-order valence-corrected chi connectivity index (χ4v) is 4.03. The Kier molecular flexibility index (Phi) is 5.00. The van der Waals surface area contributed by atoms with Crippen molar-refractivity contribution in [3.8, 4) is 33.9 Å². The zero-order valence-corrected chi connectivity index (χ0v) is 18.4. The van der Waals surface area contributed by atoms with Gasteiger partial charge in [0.05, 0.1) is 29.1 Å². The third-order valence-electron chi connectivity index (χ3n) is 5.71. The molecule has 0 aliphatic rings. The molecule has 0 saturated heterocycles. The van der Waals surface area contributed by atoms with Gasteiger partial charge in [0, 0.05) is 59.6 Å². The zero-order chi connectivity index (χ0) is 22.9. The summed E-state index contributed by atoms with van der Waals surface area (Å²) in [7, 11) is 0. The summed E-state index contributed by atoms with van der Waals surface area (Å²) in [6, 6.07) is 8.03. The molecule has 6 rings (SSSR count). The van der Waals surface area contributed by atoms with Gasteiger partial charge in [-0.2, -0.15) is 5.10 Å². The molecule has 0 unspecified atom stereocenters. The summed E-state index contributed by atoms with van der Waals surface area (Å²) in [6.07, 6.45) is 12.6. The normalized spacial score (nSPS) is 11.4. The van der Waals surface area contributed by atoms with Gasteiger partial charge in [-0.15, -0.1) is 0 Å². The van der Waals surface area contributed by atoms with Crippen LogP contribution in [0.15, 0.2) is 67.6 Å². The van der Waals surface area contributed by atoms with Gasteiger partial charge in [0.1, 0.15) is 11.2 Å². The van der Waals surface area contributed by atoms with Crippen molar-refractivity contribution in [1.82, 2.24) is 45.4 Å². The molecule has 0 amide bonds. The van der Waals surface area contributed by atoms with Crippen LogP contribution in [-0.4, -0.2) is 46.6 Å². The average molecular weight is 448 g/mol. The molecule has 0 aliphatic carbocycles. The van der Waals surface area contributed by atoms with Crippen LogP contribution >= 0.6 is 0 Å². The van der Waals surface area contributed by atoms with Gasteiger partial charge >= 0.3 is 0 Å². The van der Waals surface area contributed by atoms with Crippen molar-refractivity contribution in [2.75, 3.05) is 6.54 Å². The van der Waals surface area contributed by atoms with Crippen molar-refractivity contribution >= 4 is 21.9 Å². The highest BCUT2D eigenvalue weighted by molar-refractivity contribution is 5.97. The van der Waals surface area contributed by atoms with E-state index in [4.69, 9.17) is 4.98 Å². The summed E-state index contributed by atoms with van der Waals surface area (Å²) in [6.45, 7) is 3.76. The Balaban J connectivity index is 1.44. The van der Waals surface area contributed by atoms with Gasteiger partial charge in [-0.05, 0) is 30.3 Å². The number of imidazole rings is 1. The average Bonchev–Trinajstić information content (AvgIpc) is 3.51. The summed E-state index contributed by atoms with van der Waals surface area (Å²) >= 11 is 0. The predicted molar refractivity (Wildman–Crippen MR) is 131 cm³/mol. The van der Waals surface area contributed by atoms with Crippen LogP contribution in [0.3, 0.4) is 0 Å². The van der Waals surface area contributed by atoms with Gasteiger partial charge in [0.2, 0.25) is 0 Å². The first-order valence-electron chi connectivity index (χ1n) is 11.0. The molecule has 0 spiro atoms. The van der Waals surface area contributed by atoms with Gasteiger partial charge < -0.3 is 10.3 Å². The predicted octanol–water partition coefficient (Wildman–Crippen LogP) is 4.13. The Morgan fingerprint density at radius 2 is 1.82 bits per heavy atom. The van der Waals surface area contributed by atoms with Gasteiger partial charge in [-0.3, -0.25) is 25.0 Å². The lowest BCUT2D eigenvalue weighted by molar-refractivity contribution is 0.724. The summed E-state index contributed by atoms with van der Waals surface area (Å²) in [5.41, 5.74) is 7.99. The molecular weight excluding hydrogens is 426 g/mol. The van der Waals surface area contributed by atoms with E-state index in [2.05, 4.69) is 53.4 Å². The van der Waals surface area contributed by atoms with E-state index in [1.54, 1.807) is 18.6 Å². The number of hydrogen-bond acceptors (Lipinski definition) is 7. The van der Waals surface area contributed by atoms with E-state index >= 15 is 0 Å². The number of nitrogens with one attached hydrogen (secondary N) is 3. The molecule has 166 valence electrons. The van der Waals surface area contributed by atoms with Crippen LogP contribution in [0.1, 0.15) is 12.5 Å². The second-order valence-electron chi connectivity index (χ2n) is 7.96. The highest BCUT2D eigenvalue weighted by atomic mass is 15.1. The van der Waals surface area contributed by atoms with Crippen LogP contribution < -0.4 is 5.32 Å². The van der Waals surface area contributed by atoms with E-state index in [0.717, 1.165) is 68.7 Å². The molecule has 6 heterocycles. The number of rotatable bonds is 6. The largest absolute Gasteiger partial charge is 0.335 e. The molecule has 6 aromatic rings. The molecule has 0 aliphatic heterocycles. The number of aromatic amines is 2. The Bertz CT molecular complexity index is 1600. The molecule has 0 atom stereocenters. The van der Waals surface area contributed by atoms with E-state index in [0.29, 0.717) is 5.82 Å². The molecule has 0 aromatic carbocycles. The first kappa shape index (κ1) is 20.1. The van der Waals surface area contributed by atoms with E-state index in [-0.39, 0.29) is 0 Å². The van der Waals surface area contributed by atoms with Gasteiger partial charge in [0.25, 0.3) is 0 Å². The Morgan fingerprint density at radius 1 is 0.912 bits per heavy atom. The second kappa shape index (κ2) is 8.45. The number of hydrogen-bond donors (Lipinski definition) is 3. The van der Waals surface area contributed by atoms with Crippen molar-refractivity contribution < 1.29 is 0 Å². The molecule has 6 aromatic heterocycles. The van der Waals surface area contributed by atoms with E-state index in [1.165, 1.54) is 0 Å². The first-order valence-corrected chi connectivity index (χ1v) is 11.0. The molecule has 3 N–H and O–H groups in total. The molecule has 0 fully saturated rings. The fourth-order valence-electron chi connectivity index (χ4n) is 4.03. The summed E-state index contributed by atoms with van der Waals surface area (Å²) in [5, 5.41) is 11.9. The van der Waals surface area contributed by atoms with E-state index < -0.39 is 0 Å². The molecule has 34 heavy (non-hydrogen) atoms. The quantitative estimate of drug-likeness (QED) is 0.351. The molecular formula is C25H21N9. The SMILES string of the molecule is CCNCc1cncc(-c2cc3c(-c4nc5c(-c6cccnc6)cncc5[nH]4)n[nH]c3cn2)c1. The first-order chi connectivity index (χ1) is 16.8. The number of fused-ring (bicyclic) bond motifs is 2. The maximum atomic E-state index is 4.89. The lowest BCUT2D eigenvalue weighted by Crippen LogP contribution is -2.11. The lowest BCUT2D eigenvalue weighted by Gasteiger charge is -2.05. The number of nitrogens with zero attached hydrogens (tertiary/aromatic N) is 6. The van der Waals surface area contributed by atoms with E-state index in [1.807, 2.05) is 43.0 Å². The van der Waals surface area contributed by atoms with Crippen LogP contribution in [0.4, 0.5) is 0 Å². The summed E-state index contributed by atoms with van der Waals surface area (Å²) in [4.78, 5) is 25.9. The van der Waals surface area contributed by atoms with Crippen molar-refractivity contribution in [1.29, 1.82) is 0 Å². The van der Waals surface area contributed by atoms with Crippen molar-refractivity contribution in [2.24, 2.45) is 0 Å². The van der Waals surface area contributed by atoms with Crippen LogP contribution in [0.5, 0.6) is 0 Å². The minimum atomic E-state index is 0.663. The maximum absolute atomic E-state index is 4.89. The van der Waals surface area contributed by atoms with Crippen LogP contribution in [-0.2, 0) is 6.54 Å². The fraction of sp³-hybridized carbons (Fsp3) is 0.120. The third-order valence-corrected chi connectivity index (χ3v) is 5.71. The third kappa shape index (κ3) is 3.57. The summed E-state index contributed by atoms with van der Waals surface area (Å²) in [5.74, 6) is 0.663. The van der Waals surface area contributed by atoms with Gasteiger partial charge in [0.15, 0.2) is 5.82 Å². The van der Waals surface area contributed by atoms with E-state index in [9.17, 15) is 0 Å².